The van der Waals surface area contributed by atoms with Crippen LogP contribution in [0.1, 0.15) is 19.4 Å². The Hall–Kier alpha value is -1.60. The van der Waals surface area contributed by atoms with E-state index in [2.05, 4.69) is 0 Å². The van der Waals surface area contributed by atoms with E-state index in [9.17, 15) is 13.2 Å². The second-order valence-corrected chi connectivity index (χ2v) is 8.35. The summed E-state index contributed by atoms with van der Waals surface area (Å²) < 4.78 is 27.4. The van der Waals surface area contributed by atoms with Crippen LogP contribution in [0.15, 0.2) is 29.2 Å². The largest absolute Gasteiger partial charge is 0.331 e. The molecule has 0 aliphatic carbocycles. The second-order valence-electron chi connectivity index (χ2n) is 6.46. The molecule has 0 unspecified atom stereocenters. The molecule has 1 aliphatic rings. The van der Waals surface area contributed by atoms with Gasteiger partial charge in [-0.3, -0.25) is 0 Å². The number of aryl methyl sites for hydroxylation is 1. The zero-order valence-electron chi connectivity index (χ0n) is 14.4. The monoisotopic (exact) mass is 339 g/mol. The number of hydrogen-bond acceptors (Lipinski definition) is 3. The third-order valence-corrected chi connectivity index (χ3v) is 5.91. The van der Waals surface area contributed by atoms with Gasteiger partial charge in [0.2, 0.25) is 10.0 Å². The fourth-order valence-electron chi connectivity index (χ4n) is 2.89. The molecule has 0 bridgehead atoms. The van der Waals surface area contributed by atoms with Gasteiger partial charge in [0.05, 0.1) is 4.90 Å². The van der Waals surface area contributed by atoms with Crippen molar-refractivity contribution in [2.24, 2.45) is 5.92 Å². The molecule has 1 heterocycles. The lowest BCUT2D eigenvalue weighted by Crippen LogP contribution is -2.50. The number of urea groups is 1. The molecule has 128 valence electrons. The highest BCUT2D eigenvalue weighted by Crippen LogP contribution is 2.29. The van der Waals surface area contributed by atoms with Crippen molar-refractivity contribution in [1.29, 1.82) is 0 Å². The highest BCUT2D eigenvalue weighted by molar-refractivity contribution is 7.89. The topological polar surface area (TPSA) is 60.9 Å². The van der Waals surface area contributed by atoms with Crippen LogP contribution in [0.25, 0.3) is 0 Å². The van der Waals surface area contributed by atoms with Crippen LogP contribution in [-0.2, 0) is 10.0 Å². The predicted molar refractivity (Wildman–Crippen MR) is 89.5 cm³/mol. The van der Waals surface area contributed by atoms with Gasteiger partial charge in [-0.05, 0) is 25.0 Å². The highest BCUT2D eigenvalue weighted by Gasteiger charge is 2.44. The summed E-state index contributed by atoms with van der Waals surface area (Å²) in [6.07, 6.45) is -0.462. The molecular weight excluding hydrogens is 314 g/mol. The minimum Gasteiger partial charge on any atom is -0.331 e. The fraction of sp³-hybridized carbons (Fsp3) is 0.562. The lowest BCUT2D eigenvalue weighted by Gasteiger charge is -2.34. The molecule has 0 spiro atoms. The van der Waals surface area contributed by atoms with Gasteiger partial charge in [0.25, 0.3) is 0 Å². The summed E-state index contributed by atoms with van der Waals surface area (Å²) >= 11 is 0. The molecule has 0 radical (unpaired) electrons. The number of carbonyl (C=O) groups excluding carboxylic acids is 1. The SMILES string of the molecule is Cc1ccc(S(=O)(=O)N2CCN(C(=O)N(C)C)[C@H]2C(C)C)cc1. The van der Waals surface area contributed by atoms with Crippen molar-refractivity contribution in [2.75, 3.05) is 27.2 Å². The van der Waals surface area contributed by atoms with E-state index >= 15 is 0 Å². The first kappa shape index (κ1) is 17.7. The second kappa shape index (κ2) is 6.49. The zero-order valence-corrected chi connectivity index (χ0v) is 15.2. The molecule has 6 nitrogen and oxygen atoms in total. The van der Waals surface area contributed by atoms with E-state index in [0.717, 1.165) is 5.56 Å². The number of carbonyl (C=O) groups is 1. The molecule has 0 N–H and O–H groups in total. The molecule has 0 aromatic heterocycles. The summed E-state index contributed by atoms with van der Waals surface area (Å²) in [4.78, 5) is 15.7. The number of nitrogens with zero attached hydrogens (tertiary/aromatic N) is 3. The van der Waals surface area contributed by atoms with E-state index in [0.29, 0.717) is 13.1 Å². The van der Waals surface area contributed by atoms with E-state index in [1.54, 1.807) is 43.3 Å². The van der Waals surface area contributed by atoms with Gasteiger partial charge in [0.15, 0.2) is 0 Å². The zero-order chi connectivity index (χ0) is 17.4. The minimum absolute atomic E-state index is 0.00150. The summed E-state index contributed by atoms with van der Waals surface area (Å²) in [5.74, 6) is 0.00150. The van der Waals surface area contributed by atoms with Crippen LogP contribution in [0, 0.1) is 12.8 Å². The normalized spacial score (nSPS) is 19.4. The van der Waals surface area contributed by atoms with Crippen molar-refractivity contribution in [1.82, 2.24) is 14.1 Å². The Morgan fingerprint density at radius 2 is 1.74 bits per heavy atom. The van der Waals surface area contributed by atoms with Gasteiger partial charge in [-0.25, -0.2) is 13.2 Å². The maximum Gasteiger partial charge on any atom is 0.320 e. The molecule has 1 atom stereocenters. The van der Waals surface area contributed by atoms with Crippen molar-refractivity contribution in [3.05, 3.63) is 29.8 Å². The molecule has 2 amide bonds. The van der Waals surface area contributed by atoms with Gasteiger partial charge in [-0.1, -0.05) is 31.5 Å². The first-order valence-corrected chi connectivity index (χ1v) is 9.16. The molecular formula is C16H25N3O3S. The van der Waals surface area contributed by atoms with E-state index in [1.807, 2.05) is 20.8 Å². The van der Waals surface area contributed by atoms with Crippen molar-refractivity contribution in [2.45, 2.75) is 31.8 Å². The predicted octanol–water partition coefficient (Wildman–Crippen LogP) is 1.97. The van der Waals surface area contributed by atoms with E-state index in [4.69, 9.17) is 0 Å². The van der Waals surface area contributed by atoms with E-state index < -0.39 is 16.2 Å². The summed E-state index contributed by atoms with van der Waals surface area (Å²) in [6.45, 7) is 6.51. The Bertz CT molecular complexity index is 668. The summed E-state index contributed by atoms with van der Waals surface area (Å²) in [5, 5.41) is 0. The van der Waals surface area contributed by atoms with Gasteiger partial charge in [0, 0.05) is 27.2 Å². The number of benzene rings is 1. The van der Waals surface area contributed by atoms with Gasteiger partial charge in [0.1, 0.15) is 6.17 Å². The minimum atomic E-state index is -3.62. The summed E-state index contributed by atoms with van der Waals surface area (Å²) in [7, 11) is -0.266. The van der Waals surface area contributed by atoms with Crippen LogP contribution in [0.4, 0.5) is 4.79 Å². The van der Waals surface area contributed by atoms with Gasteiger partial charge in [-0.2, -0.15) is 4.31 Å². The third-order valence-electron chi connectivity index (χ3n) is 4.03. The molecule has 1 aliphatic heterocycles. The Kier molecular flexibility index (Phi) is 5.01. The smallest absolute Gasteiger partial charge is 0.320 e. The average Bonchev–Trinajstić information content (AvgIpc) is 2.92. The molecule has 1 aromatic carbocycles. The van der Waals surface area contributed by atoms with Crippen LogP contribution < -0.4 is 0 Å². The standard InChI is InChI=1S/C16H25N3O3S/c1-12(2)15-18(16(20)17(4)5)10-11-19(15)23(21,22)14-8-6-13(3)7-9-14/h6-9,12,15H,10-11H2,1-5H3/t15-/m1/s1. The maximum absolute atomic E-state index is 13.0. The quantitative estimate of drug-likeness (QED) is 0.846. The maximum atomic E-state index is 13.0. The Labute approximate surface area is 138 Å². The highest BCUT2D eigenvalue weighted by atomic mass is 32.2. The third kappa shape index (κ3) is 3.35. The molecule has 0 saturated carbocycles. The Morgan fingerprint density at radius 3 is 2.22 bits per heavy atom. The summed E-state index contributed by atoms with van der Waals surface area (Å²) in [6, 6.07) is 6.66. The number of amides is 2. The van der Waals surface area contributed by atoms with Crippen molar-refractivity contribution in [3.63, 3.8) is 0 Å². The fourth-order valence-corrected chi connectivity index (χ4v) is 4.61. The van der Waals surface area contributed by atoms with Gasteiger partial charge < -0.3 is 9.80 Å². The lowest BCUT2D eigenvalue weighted by molar-refractivity contribution is 0.129. The van der Waals surface area contributed by atoms with Crippen molar-refractivity contribution < 1.29 is 13.2 Å². The van der Waals surface area contributed by atoms with Crippen molar-refractivity contribution in [3.8, 4) is 0 Å². The number of sulfonamides is 1. The average molecular weight is 339 g/mol. The van der Waals surface area contributed by atoms with Crippen LogP contribution in [0.2, 0.25) is 0 Å². The molecule has 7 heteroatoms. The van der Waals surface area contributed by atoms with Crippen LogP contribution in [0.5, 0.6) is 0 Å². The molecule has 1 aromatic rings. The Balaban J connectivity index is 2.38. The van der Waals surface area contributed by atoms with Crippen LogP contribution >= 0.6 is 0 Å². The first-order valence-electron chi connectivity index (χ1n) is 7.72. The van der Waals surface area contributed by atoms with Crippen LogP contribution in [-0.4, -0.2) is 61.9 Å². The Morgan fingerprint density at radius 1 is 1.17 bits per heavy atom. The molecule has 1 fully saturated rings. The molecule has 1 saturated heterocycles. The van der Waals surface area contributed by atoms with Gasteiger partial charge in [-0.15, -0.1) is 0 Å². The number of rotatable bonds is 3. The van der Waals surface area contributed by atoms with Gasteiger partial charge >= 0.3 is 6.03 Å². The first-order chi connectivity index (χ1) is 10.7. The summed E-state index contributed by atoms with van der Waals surface area (Å²) in [5.41, 5.74) is 1.01. The van der Waals surface area contributed by atoms with Crippen molar-refractivity contribution >= 4 is 16.1 Å². The number of hydrogen-bond donors (Lipinski definition) is 0. The van der Waals surface area contributed by atoms with E-state index in [-0.39, 0.29) is 16.8 Å². The molecule has 23 heavy (non-hydrogen) atoms. The van der Waals surface area contributed by atoms with Crippen LogP contribution in [0.3, 0.4) is 0 Å². The van der Waals surface area contributed by atoms with E-state index in [1.165, 1.54) is 9.21 Å². The lowest BCUT2D eigenvalue weighted by atomic mass is 10.1. The molecule has 2 rings (SSSR count).